The van der Waals surface area contributed by atoms with E-state index >= 15 is 0 Å². The zero-order valence-corrected chi connectivity index (χ0v) is 19.9. The van der Waals surface area contributed by atoms with E-state index in [1.54, 1.807) is 29.2 Å². The average molecular weight is 473 g/mol. The van der Waals surface area contributed by atoms with Crippen LogP contribution in [0.2, 0.25) is 0 Å². The molecule has 2 saturated carbocycles. The molecule has 35 heavy (non-hydrogen) atoms. The highest BCUT2D eigenvalue weighted by Gasteiger charge is 2.61. The van der Waals surface area contributed by atoms with Gasteiger partial charge in [-0.3, -0.25) is 19.2 Å². The number of ether oxygens (including phenoxy) is 1. The molecule has 2 aliphatic carbocycles. The summed E-state index contributed by atoms with van der Waals surface area (Å²) in [6.45, 7) is 4.17. The lowest BCUT2D eigenvalue weighted by atomic mass is 9.81. The summed E-state index contributed by atoms with van der Waals surface area (Å²) in [6, 6.07) is 12.5. The van der Waals surface area contributed by atoms with Gasteiger partial charge in [0.15, 0.2) is 0 Å². The van der Waals surface area contributed by atoms with Gasteiger partial charge in [0.25, 0.3) is 0 Å². The Hall–Kier alpha value is -3.48. The van der Waals surface area contributed by atoms with Crippen molar-refractivity contribution < 1.29 is 23.9 Å². The lowest BCUT2D eigenvalue weighted by molar-refractivity contribution is -0.139. The number of carbonyl (C=O) groups excluding carboxylic acids is 4. The molecule has 0 unspecified atom stereocenters. The first-order chi connectivity index (χ1) is 16.8. The van der Waals surface area contributed by atoms with E-state index in [0.717, 1.165) is 36.1 Å². The smallest absolute Gasteiger partial charge is 0.316 e. The van der Waals surface area contributed by atoms with Crippen LogP contribution in [0.3, 0.4) is 0 Å². The number of fused-ring (bicyclic) bond motifs is 5. The highest BCUT2D eigenvalue weighted by atomic mass is 16.5. The highest BCUT2D eigenvalue weighted by Crippen LogP contribution is 2.56. The molecule has 0 aromatic heterocycles. The van der Waals surface area contributed by atoms with Gasteiger partial charge in [-0.1, -0.05) is 24.3 Å². The van der Waals surface area contributed by atoms with E-state index in [-0.39, 0.29) is 48.3 Å². The molecule has 7 heteroatoms. The fraction of sp³-hybridized carbons (Fsp3) is 0.429. The average Bonchev–Trinajstić information content (AvgIpc) is 3.58. The lowest BCUT2D eigenvalue weighted by Gasteiger charge is -2.21. The van der Waals surface area contributed by atoms with Crippen molar-refractivity contribution in [3.8, 4) is 5.75 Å². The molecule has 3 amide bonds. The predicted molar refractivity (Wildman–Crippen MR) is 129 cm³/mol. The number of imide groups is 1. The van der Waals surface area contributed by atoms with Crippen LogP contribution in [0.15, 0.2) is 42.5 Å². The molecular weight excluding hydrogens is 444 g/mol. The van der Waals surface area contributed by atoms with Crippen molar-refractivity contribution in [3.05, 3.63) is 53.6 Å². The summed E-state index contributed by atoms with van der Waals surface area (Å²) in [6.07, 6.45) is 3.12. The molecular formula is C28H28N2O5. The topological polar surface area (TPSA) is 84.0 Å². The van der Waals surface area contributed by atoms with Crippen molar-refractivity contribution >= 4 is 35.1 Å². The fourth-order valence-corrected chi connectivity index (χ4v) is 6.86. The van der Waals surface area contributed by atoms with E-state index in [4.69, 9.17) is 4.74 Å². The van der Waals surface area contributed by atoms with Gasteiger partial charge >= 0.3 is 5.97 Å². The summed E-state index contributed by atoms with van der Waals surface area (Å²) >= 11 is 0. The van der Waals surface area contributed by atoms with E-state index in [0.29, 0.717) is 17.5 Å². The van der Waals surface area contributed by atoms with Crippen molar-refractivity contribution in [3.63, 3.8) is 0 Å². The number of esters is 1. The van der Waals surface area contributed by atoms with Gasteiger partial charge in [-0.2, -0.15) is 0 Å². The second-order valence-electron chi connectivity index (χ2n) is 10.5. The van der Waals surface area contributed by atoms with Crippen LogP contribution in [0.5, 0.6) is 5.75 Å². The molecule has 0 radical (unpaired) electrons. The van der Waals surface area contributed by atoms with Gasteiger partial charge in [0.1, 0.15) is 5.75 Å². The maximum absolute atomic E-state index is 13.1. The Bertz CT molecular complexity index is 1220. The van der Waals surface area contributed by atoms with Crippen LogP contribution in [0.25, 0.3) is 0 Å². The summed E-state index contributed by atoms with van der Waals surface area (Å²) in [5.74, 6) is -0.935. The third-order valence-corrected chi connectivity index (χ3v) is 8.39. The Morgan fingerprint density at radius 1 is 0.914 bits per heavy atom. The normalized spacial score (nSPS) is 29.3. The summed E-state index contributed by atoms with van der Waals surface area (Å²) in [4.78, 5) is 55.0. The molecule has 7 nitrogen and oxygen atoms in total. The minimum absolute atomic E-state index is 0.0849. The molecule has 0 spiro atoms. The number of hydrogen-bond acceptors (Lipinski definition) is 5. The predicted octanol–water partition coefficient (Wildman–Crippen LogP) is 3.80. The molecule has 180 valence electrons. The molecule has 2 aromatic rings. The van der Waals surface area contributed by atoms with E-state index in [2.05, 4.69) is 0 Å². The fourth-order valence-electron chi connectivity index (χ4n) is 6.86. The molecule has 2 heterocycles. The number of benzene rings is 2. The maximum Gasteiger partial charge on any atom is 0.316 e. The number of anilines is 2. The van der Waals surface area contributed by atoms with Gasteiger partial charge in [0.05, 0.1) is 23.4 Å². The highest BCUT2D eigenvalue weighted by molar-refractivity contribution is 6.22. The Kier molecular flexibility index (Phi) is 5.06. The standard InChI is InChI=1S/C28H28N2O5/c1-15-5-3-6-16(2)25(15)29-14-19(12-22(29)31)28(34)35-21-8-4-7-20(13-21)30-26(32)23-17-9-10-18(11-17)24(23)27(30)33/h3-8,13,17-19,23-24H,9-12,14H2,1-2H3/t17-,18-,19-,23-,24+/m0/s1. The Labute approximate surface area is 204 Å². The SMILES string of the molecule is Cc1cccc(C)c1N1C[C@@H](C(=O)Oc2cccc(N3C(=O)[C@@H]4[C@H]5CC[C@@H](C5)[C@@H]4C3=O)c2)CC1=O. The number of nitrogens with zero attached hydrogens (tertiary/aromatic N) is 2. The number of carbonyl (C=O) groups is 4. The van der Waals surface area contributed by atoms with Crippen LogP contribution in [0.4, 0.5) is 11.4 Å². The minimum atomic E-state index is -0.588. The molecule has 4 aliphatic rings. The Balaban J connectivity index is 1.18. The van der Waals surface area contributed by atoms with E-state index in [9.17, 15) is 19.2 Å². The largest absolute Gasteiger partial charge is 0.426 e. The van der Waals surface area contributed by atoms with Crippen LogP contribution in [0, 0.1) is 43.4 Å². The third kappa shape index (κ3) is 3.39. The first-order valence-electron chi connectivity index (χ1n) is 12.4. The maximum atomic E-state index is 13.1. The molecule has 0 N–H and O–H groups in total. The van der Waals surface area contributed by atoms with Gasteiger partial charge in [0.2, 0.25) is 17.7 Å². The minimum Gasteiger partial charge on any atom is -0.426 e. The van der Waals surface area contributed by atoms with Crippen LogP contribution in [0.1, 0.15) is 36.8 Å². The van der Waals surface area contributed by atoms with Crippen molar-refractivity contribution in [2.45, 2.75) is 39.5 Å². The van der Waals surface area contributed by atoms with Crippen molar-refractivity contribution in [2.24, 2.45) is 29.6 Å². The third-order valence-electron chi connectivity index (χ3n) is 8.39. The monoisotopic (exact) mass is 472 g/mol. The van der Waals surface area contributed by atoms with E-state index in [1.165, 1.54) is 4.90 Å². The lowest BCUT2D eigenvalue weighted by Crippen LogP contribution is -2.32. The van der Waals surface area contributed by atoms with Gasteiger partial charge in [-0.25, -0.2) is 4.90 Å². The molecule has 2 aliphatic heterocycles. The van der Waals surface area contributed by atoms with E-state index in [1.807, 2.05) is 32.0 Å². The zero-order chi connectivity index (χ0) is 24.4. The quantitative estimate of drug-likeness (QED) is 0.384. The van der Waals surface area contributed by atoms with Gasteiger partial charge < -0.3 is 9.64 Å². The molecule has 5 atom stereocenters. The number of para-hydroxylation sites is 1. The van der Waals surface area contributed by atoms with Crippen molar-refractivity contribution in [2.75, 3.05) is 16.3 Å². The number of hydrogen-bond donors (Lipinski definition) is 0. The first-order valence-corrected chi connectivity index (χ1v) is 12.4. The first kappa shape index (κ1) is 22.0. The second kappa shape index (κ2) is 8.04. The van der Waals surface area contributed by atoms with Crippen LogP contribution in [-0.2, 0) is 19.2 Å². The van der Waals surface area contributed by atoms with Crippen LogP contribution in [-0.4, -0.2) is 30.2 Å². The van der Waals surface area contributed by atoms with Gasteiger partial charge in [-0.05, 0) is 68.2 Å². The zero-order valence-electron chi connectivity index (χ0n) is 19.9. The molecule has 2 saturated heterocycles. The molecule has 2 bridgehead atoms. The van der Waals surface area contributed by atoms with Crippen LogP contribution < -0.4 is 14.5 Å². The van der Waals surface area contributed by atoms with Crippen molar-refractivity contribution in [1.29, 1.82) is 0 Å². The summed E-state index contributed by atoms with van der Waals surface area (Å²) in [7, 11) is 0. The number of aryl methyl sites for hydroxylation is 2. The molecule has 2 aromatic carbocycles. The summed E-state index contributed by atoms with van der Waals surface area (Å²) in [5.41, 5.74) is 3.26. The Morgan fingerprint density at radius 2 is 1.54 bits per heavy atom. The van der Waals surface area contributed by atoms with E-state index < -0.39 is 11.9 Å². The number of rotatable bonds is 4. The molecule has 4 fully saturated rings. The van der Waals surface area contributed by atoms with Gasteiger partial charge in [-0.15, -0.1) is 0 Å². The van der Waals surface area contributed by atoms with Crippen molar-refractivity contribution in [1.82, 2.24) is 0 Å². The number of amides is 3. The molecule has 6 rings (SSSR count). The van der Waals surface area contributed by atoms with Crippen LogP contribution >= 0.6 is 0 Å². The summed E-state index contributed by atoms with van der Waals surface area (Å²) in [5, 5.41) is 0. The van der Waals surface area contributed by atoms with Gasteiger partial charge in [0, 0.05) is 24.7 Å². The summed E-state index contributed by atoms with van der Waals surface area (Å²) < 4.78 is 5.64. The second-order valence-corrected chi connectivity index (χ2v) is 10.5. The Morgan fingerprint density at radius 3 is 2.20 bits per heavy atom.